The van der Waals surface area contributed by atoms with E-state index in [9.17, 15) is 0 Å². The summed E-state index contributed by atoms with van der Waals surface area (Å²) in [5.74, 6) is 0. The molecule has 0 spiro atoms. The smallest absolute Gasteiger partial charge is 0.137 e. The molecule has 0 amide bonds. The summed E-state index contributed by atoms with van der Waals surface area (Å²) in [6.45, 7) is 4.61. The summed E-state index contributed by atoms with van der Waals surface area (Å²) < 4.78 is 6.04. The number of fused-ring (bicyclic) bond motifs is 6. The van der Waals surface area contributed by atoms with Gasteiger partial charge in [0.1, 0.15) is 11.2 Å². The van der Waals surface area contributed by atoms with Crippen molar-refractivity contribution >= 4 is 33.3 Å². The van der Waals surface area contributed by atoms with E-state index >= 15 is 0 Å². The van der Waals surface area contributed by atoms with Crippen LogP contribution in [0, 0.1) is 0 Å². The number of furan rings is 1. The van der Waals surface area contributed by atoms with Gasteiger partial charge in [0.15, 0.2) is 0 Å². The predicted molar refractivity (Wildman–Crippen MR) is 121 cm³/mol. The fourth-order valence-electron chi connectivity index (χ4n) is 4.77. The average Bonchev–Trinajstić information content (AvgIpc) is 3.21. The van der Waals surface area contributed by atoms with Crippen LogP contribution in [0.25, 0.3) is 33.1 Å². The van der Waals surface area contributed by atoms with Crippen LogP contribution in [0.15, 0.2) is 89.3 Å². The largest absolute Gasteiger partial charge is 0.456 e. The minimum absolute atomic E-state index is 0.0393. The third kappa shape index (κ3) is 2.35. The van der Waals surface area contributed by atoms with Gasteiger partial charge in [-0.15, -0.1) is 0 Å². The van der Waals surface area contributed by atoms with E-state index in [0.717, 1.165) is 33.3 Å². The Morgan fingerprint density at radius 2 is 1.31 bits per heavy atom. The van der Waals surface area contributed by atoms with Gasteiger partial charge in [-0.25, -0.2) is 0 Å². The number of hydrogen-bond acceptors (Lipinski definition) is 2. The first-order valence-electron chi connectivity index (χ1n) is 10.0. The zero-order chi connectivity index (χ0) is 19.6. The molecule has 0 fully saturated rings. The summed E-state index contributed by atoms with van der Waals surface area (Å²) in [5, 5.41) is 5.87. The lowest BCUT2D eigenvalue weighted by atomic mass is 9.82. The molecule has 1 aliphatic rings. The third-order valence-corrected chi connectivity index (χ3v) is 6.25. The van der Waals surface area contributed by atoms with Crippen molar-refractivity contribution in [2.45, 2.75) is 19.3 Å². The van der Waals surface area contributed by atoms with Gasteiger partial charge in [0.25, 0.3) is 0 Å². The maximum atomic E-state index is 6.04. The predicted octanol–water partition coefficient (Wildman–Crippen LogP) is 7.64. The zero-order valence-electron chi connectivity index (χ0n) is 16.5. The average molecular weight is 375 g/mol. The molecule has 1 aliphatic carbocycles. The van der Waals surface area contributed by atoms with Crippen molar-refractivity contribution in [1.29, 1.82) is 0 Å². The molecular weight excluding hydrogens is 354 g/mol. The first-order chi connectivity index (χ1) is 14.1. The fraction of sp³-hybridized carbons (Fsp3) is 0.111. The van der Waals surface area contributed by atoms with Crippen LogP contribution in [-0.4, -0.2) is 0 Å². The molecular formula is C27H21NO. The maximum absolute atomic E-state index is 6.04. The van der Waals surface area contributed by atoms with Gasteiger partial charge >= 0.3 is 0 Å². The Hall–Kier alpha value is -3.52. The van der Waals surface area contributed by atoms with Crippen LogP contribution in [0.1, 0.15) is 25.0 Å². The van der Waals surface area contributed by atoms with E-state index in [-0.39, 0.29) is 5.41 Å². The van der Waals surface area contributed by atoms with E-state index in [1.165, 1.54) is 22.3 Å². The lowest BCUT2D eigenvalue weighted by Gasteiger charge is -2.21. The molecule has 0 saturated carbocycles. The quantitative estimate of drug-likeness (QED) is 0.343. The minimum Gasteiger partial charge on any atom is -0.456 e. The van der Waals surface area contributed by atoms with E-state index in [4.69, 9.17) is 4.42 Å². The summed E-state index contributed by atoms with van der Waals surface area (Å²) in [7, 11) is 0. The molecule has 29 heavy (non-hydrogen) atoms. The Morgan fingerprint density at radius 1 is 0.621 bits per heavy atom. The van der Waals surface area contributed by atoms with Crippen LogP contribution in [0.2, 0.25) is 0 Å². The fourth-order valence-corrected chi connectivity index (χ4v) is 4.77. The lowest BCUT2D eigenvalue weighted by molar-refractivity contribution is 0.660. The number of para-hydroxylation sites is 1. The van der Waals surface area contributed by atoms with Gasteiger partial charge in [-0.05, 0) is 52.6 Å². The molecule has 5 aromatic rings. The van der Waals surface area contributed by atoms with E-state index in [1.807, 2.05) is 18.2 Å². The van der Waals surface area contributed by atoms with Crippen molar-refractivity contribution < 1.29 is 4.42 Å². The van der Waals surface area contributed by atoms with E-state index < -0.39 is 0 Å². The standard InChI is InChI=1S/C27H21NO/c1-27(2)23-9-5-3-7-19(23)22-15-17(12-14-24(22)27)28-18-11-13-21-20-8-4-6-10-25(20)29-26(21)16-18/h3-16,28H,1-2H3. The van der Waals surface area contributed by atoms with Gasteiger partial charge in [0, 0.05) is 33.6 Å². The van der Waals surface area contributed by atoms with Crippen molar-refractivity contribution in [3.8, 4) is 11.1 Å². The summed E-state index contributed by atoms with van der Waals surface area (Å²) in [6, 6.07) is 30.0. The van der Waals surface area contributed by atoms with Crippen LogP contribution in [-0.2, 0) is 5.41 Å². The highest BCUT2D eigenvalue weighted by atomic mass is 16.3. The van der Waals surface area contributed by atoms with Gasteiger partial charge in [-0.2, -0.15) is 0 Å². The first-order valence-corrected chi connectivity index (χ1v) is 10.0. The monoisotopic (exact) mass is 375 g/mol. The van der Waals surface area contributed by atoms with E-state index in [1.54, 1.807) is 0 Å². The Balaban J connectivity index is 1.41. The molecule has 2 nitrogen and oxygen atoms in total. The second-order valence-electron chi connectivity index (χ2n) is 8.37. The van der Waals surface area contributed by atoms with Gasteiger partial charge in [-0.1, -0.05) is 62.4 Å². The summed E-state index contributed by atoms with van der Waals surface area (Å²) in [6.07, 6.45) is 0. The molecule has 6 rings (SSSR count). The summed E-state index contributed by atoms with van der Waals surface area (Å²) in [4.78, 5) is 0. The highest BCUT2D eigenvalue weighted by molar-refractivity contribution is 6.05. The molecule has 140 valence electrons. The number of anilines is 2. The van der Waals surface area contributed by atoms with Gasteiger partial charge < -0.3 is 9.73 Å². The molecule has 4 aromatic carbocycles. The van der Waals surface area contributed by atoms with Crippen molar-refractivity contribution in [3.63, 3.8) is 0 Å². The Labute approximate surface area is 169 Å². The molecule has 0 saturated heterocycles. The minimum atomic E-state index is 0.0393. The molecule has 1 aromatic heterocycles. The summed E-state index contributed by atoms with van der Waals surface area (Å²) >= 11 is 0. The normalized spacial score (nSPS) is 14.1. The Morgan fingerprint density at radius 3 is 2.24 bits per heavy atom. The highest BCUT2D eigenvalue weighted by Crippen LogP contribution is 2.49. The van der Waals surface area contributed by atoms with Gasteiger partial charge in [-0.3, -0.25) is 0 Å². The molecule has 0 radical (unpaired) electrons. The number of benzene rings is 4. The van der Waals surface area contributed by atoms with Crippen LogP contribution < -0.4 is 5.32 Å². The van der Waals surface area contributed by atoms with Crippen molar-refractivity contribution in [2.75, 3.05) is 5.32 Å². The Kier molecular flexibility index (Phi) is 3.25. The van der Waals surface area contributed by atoms with Gasteiger partial charge in [0.2, 0.25) is 0 Å². The van der Waals surface area contributed by atoms with Crippen LogP contribution in [0.4, 0.5) is 11.4 Å². The second kappa shape index (κ2) is 5.74. The molecule has 0 aliphatic heterocycles. The summed E-state index contributed by atoms with van der Waals surface area (Å²) in [5.41, 5.74) is 9.43. The van der Waals surface area contributed by atoms with Crippen LogP contribution >= 0.6 is 0 Å². The first kappa shape index (κ1) is 16.4. The van der Waals surface area contributed by atoms with E-state index in [2.05, 4.69) is 85.9 Å². The molecule has 2 heteroatoms. The van der Waals surface area contributed by atoms with Crippen LogP contribution in [0.3, 0.4) is 0 Å². The lowest BCUT2D eigenvalue weighted by Crippen LogP contribution is -2.14. The number of nitrogens with one attached hydrogen (secondary N) is 1. The van der Waals surface area contributed by atoms with Crippen molar-refractivity contribution in [1.82, 2.24) is 0 Å². The van der Waals surface area contributed by atoms with E-state index in [0.29, 0.717) is 0 Å². The topological polar surface area (TPSA) is 25.2 Å². The second-order valence-corrected chi connectivity index (χ2v) is 8.37. The molecule has 1 heterocycles. The van der Waals surface area contributed by atoms with Gasteiger partial charge in [0.05, 0.1) is 0 Å². The third-order valence-electron chi connectivity index (χ3n) is 6.25. The molecule has 0 bridgehead atoms. The number of hydrogen-bond donors (Lipinski definition) is 1. The highest BCUT2D eigenvalue weighted by Gasteiger charge is 2.34. The maximum Gasteiger partial charge on any atom is 0.137 e. The Bertz CT molecular complexity index is 1410. The SMILES string of the molecule is CC1(C)c2ccccc2-c2cc(Nc3ccc4c(c3)oc3ccccc34)ccc21. The zero-order valence-corrected chi connectivity index (χ0v) is 16.5. The van der Waals surface area contributed by atoms with Crippen LogP contribution in [0.5, 0.6) is 0 Å². The van der Waals surface area contributed by atoms with Crippen molar-refractivity contribution in [3.05, 3.63) is 96.1 Å². The van der Waals surface area contributed by atoms with Crippen molar-refractivity contribution in [2.24, 2.45) is 0 Å². The molecule has 0 unspecified atom stereocenters. The molecule has 1 N–H and O–H groups in total. The number of rotatable bonds is 2. The molecule has 0 atom stereocenters.